The van der Waals surface area contributed by atoms with Crippen LogP contribution in [0.1, 0.15) is 15.9 Å². The van der Waals surface area contributed by atoms with E-state index < -0.39 is 25.6 Å². The van der Waals surface area contributed by atoms with E-state index in [1.165, 1.54) is 42.5 Å². The van der Waals surface area contributed by atoms with Gasteiger partial charge in [0.15, 0.2) is 15.6 Å². The standard InChI is InChI=1S/C20H16ClNO5S2/c1-28(24,25)16-8-10-17(11-9-16)29(26,27)22-19-12-7-15(21)13-18(19)20(23)14-5-3-2-4-6-14/h2-13,22H,1H3. The number of sulfone groups is 1. The molecule has 0 saturated carbocycles. The maximum Gasteiger partial charge on any atom is 0.261 e. The predicted octanol–water partition coefficient (Wildman–Crippen LogP) is 3.78. The van der Waals surface area contributed by atoms with Crippen molar-refractivity contribution in [3.8, 4) is 0 Å². The van der Waals surface area contributed by atoms with Crippen molar-refractivity contribution in [2.45, 2.75) is 9.79 Å². The normalized spacial score (nSPS) is 11.8. The number of anilines is 1. The van der Waals surface area contributed by atoms with E-state index in [1.54, 1.807) is 30.3 Å². The molecule has 0 bridgehead atoms. The lowest BCUT2D eigenvalue weighted by Gasteiger charge is -2.13. The minimum atomic E-state index is -4.07. The maximum absolute atomic E-state index is 12.8. The molecule has 1 N–H and O–H groups in total. The zero-order valence-electron chi connectivity index (χ0n) is 15.2. The molecule has 0 aliphatic heterocycles. The van der Waals surface area contributed by atoms with Gasteiger partial charge in [-0.15, -0.1) is 0 Å². The number of ketones is 1. The van der Waals surface area contributed by atoms with Gasteiger partial charge in [-0.25, -0.2) is 16.8 Å². The van der Waals surface area contributed by atoms with Gasteiger partial charge in [0.2, 0.25) is 0 Å². The highest BCUT2D eigenvalue weighted by molar-refractivity contribution is 7.92. The van der Waals surface area contributed by atoms with Gasteiger partial charge in [-0.3, -0.25) is 9.52 Å². The highest BCUT2D eigenvalue weighted by Crippen LogP contribution is 2.26. The summed E-state index contributed by atoms with van der Waals surface area (Å²) in [5.74, 6) is -0.391. The molecule has 150 valence electrons. The van der Waals surface area contributed by atoms with Crippen LogP contribution in [-0.2, 0) is 19.9 Å². The van der Waals surface area contributed by atoms with Crippen LogP contribution in [0.4, 0.5) is 5.69 Å². The second-order valence-corrected chi connectivity index (χ2v) is 10.4. The van der Waals surface area contributed by atoms with E-state index >= 15 is 0 Å². The van der Waals surface area contributed by atoms with Crippen LogP contribution < -0.4 is 4.72 Å². The zero-order chi connectivity index (χ0) is 21.2. The first-order chi connectivity index (χ1) is 13.6. The van der Waals surface area contributed by atoms with Gasteiger partial charge in [0.1, 0.15) is 0 Å². The first-order valence-corrected chi connectivity index (χ1v) is 12.1. The maximum atomic E-state index is 12.8. The highest BCUT2D eigenvalue weighted by Gasteiger charge is 2.21. The summed E-state index contributed by atoms with van der Waals surface area (Å²) in [4.78, 5) is 12.7. The lowest BCUT2D eigenvalue weighted by atomic mass is 10.0. The van der Waals surface area contributed by atoms with Crippen LogP contribution in [0.3, 0.4) is 0 Å². The Balaban J connectivity index is 1.98. The molecule has 0 aliphatic rings. The topological polar surface area (TPSA) is 97.4 Å². The predicted molar refractivity (Wildman–Crippen MR) is 112 cm³/mol. The van der Waals surface area contributed by atoms with Gasteiger partial charge in [-0.05, 0) is 42.5 Å². The summed E-state index contributed by atoms with van der Waals surface area (Å²) in [6.07, 6.45) is 1.03. The second-order valence-electron chi connectivity index (χ2n) is 6.23. The van der Waals surface area contributed by atoms with Crippen LogP contribution in [0, 0.1) is 0 Å². The molecule has 0 amide bonds. The van der Waals surface area contributed by atoms with E-state index in [2.05, 4.69) is 4.72 Å². The average molecular weight is 450 g/mol. The van der Waals surface area contributed by atoms with Gasteiger partial charge in [-0.1, -0.05) is 41.9 Å². The molecule has 0 saturated heterocycles. The molecule has 0 fully saturated rings. The number of rotatable bonds is 6. The summed E-state index contributed by atoms with van der Waals surface area (Å²) in [7, 11) is -7.52. The molecule has 0 spiro atoms. The molecule has 0 heterocycles. The Kier molecular flexibility index (Phi) is 5.79. The van der Waals surface area contributed by atoms with Gasteiger partial charge in [0, 0.05) is 22.4 Å². The van der Waals surface area contributed by atoms with Crippen LogP contribution in [-0.4, -0.2) is 28.9 Å². The van der Waals surface area contributed by atoms with E-state index in [0.717, 1.165) is 6.26 Å². The van der Waals surface area contributed by atoms with Gasteiger partial charge >= 0.3 is 0 Å². The Morgan fingerprint density at radius 2 is 1.41 bits per heavy atom. The SMILES string of the molecule is CS(=O)(=O)c1ccc(S(=O)(=O)Nc2ccc(Cl)cc2C(=O)c2ccccc2)cc1. The third kappa shape index (κ3) is 4.84. The molecule has 9 heteroatoms. The Bertz CT molecular complexity index is 1270. The minimum absolute atomic E-state index is 0.00267. The molecular weight excluding hydrogens is 434 g/mol. The van der Waals surface area contributed by atoms with Crippen LogP contribution >= 0.6 is 11.6 Å². The highest BCUT2D eigenvalue weighted by atomic mass is 35.5. The molecule has 6 nitrogen and oxygen atoms in total. The number of benzene rings is 3. The number of hydrogen-bond acceptors (Lipinski definition) is 5. The lowest BCUT2D eigenvalue weighted by Crippen LogP contribution is -2.16. The van der Waals surface area contributed by atoms with E-state index in [9.17, 15) is 21.6 Å². The van der Waals surface area contributed by atoms with Crippen molar-refractivity contribution in [2.75, 3.05) is 11.0 Å². The fraction of sp³-hybridized carbons (Fsp3) is 0.0500. The molecule has 3 aromatic carbocycles. The summed E-state index contributed by atoms with van der Waals surface area (Å²) in [6.45, 7) is 0. The Morgan fingerprint density at radius 3 is 2.00 bits per heavy atom. The number of nitrogens with one attached hydrogen (secondary N) is 1. The van der Waals surface area contributed by atoms with Crippen molar-refractivity contribution >= 4 is 42.9 Å². The molecule has 0 aromatic heterocycles. The third-order valence-electron chi connectivity index (χ3n) is 4.07. The van der Waals surface area contributed by atoms with Crippen LogP contribution in [0.25, 0.3) is 0 Å². The van der Waals surface area contributed by atoms with E-state index in [0.29, 0.717) is 5.56 Å². The number of carbonyl (C=O) groups is 1. The van der Waals surface area contributed by atoms with Crippen LogP contribution in [0.2, 0.25) is 5.02 Å². The Labute approximate surface area is 174 Å². The Hall–Kier alpha value is -2.68. The monoisotopic (exact) mass is 449 g/mol. The lowest BCUT2D eigenvalue weighted by molar-refractivity contribution is 0.103. The summed E-state index contributed by atoms with van der Waals surface area (Å²) < 4.78 is 51.0. The van der Waals surface area contributed by atoms with Gasteiger partial charge in [0.25, 0.3) is 10.0 Å². The molecule has 3 aromatic rings. The molecule has 0 aliphatic carbocycles. The number of halogens is 1. The smallest absolute Gasteiger partial charge is 0.261 e. The van der Waals surface area contributed by atoms with Crippen molar-refractivity contribution in [2.24, 2.45) is 0 Å². The van der Waals surface area contributed by atoms with Gasteiger partial charge in [0.05, 0.1) is 15.5 Å². The molecule has 29 heavy (non-hydrogen) atoms. The van der Waals surface area contributed by atoms with Crippen molar-refractivity contribution in [1.82, 2.24) is 0 Å². The van der Waals surface area contributed by atoms with Crippen LogP contribution in [0.15, 0.2) is 82.6 Å². The second kappa shape index (κ2) is 7.98. The molecule has 3 rings (SSSR count). The first-order valence-electron chi connectivity index (χ1n) is 8.30. The largest absolute Gasteiger partial charge is 0.289 e. The average Bonchev–Trinajstić information content (AvgIpc) is 2.69. The summed E-state index contributed by atoms with van der Waals surface area (Å²) in [5, 5.41) is 0.282. The molecule has 0 radical (unpaired) electrons. The number of hydrogen-bond donors (Lipinski definition) is 1. The molecule has 0 atom stereocenters. The quantitative estimate of drug-likeness (QED) is 0.577. The minimum Gasteiger partial charge on any atom is -0.289 e. The number of sulfonamides is 1. The van der Waals surface area contributed by atoms with Crippen molar-refractivity contribution in [1.29, 1.82) is 0 Å². The van der Waals surface area contributed by atoms with Crippen molar-refractivity contribution in [3.05, 3.63) is 88.9 Å². The zero-order valence-corrected chi connectivity index (χ0v) is 17.6. The van der Waals surface area contributed by atoms with Crippen molar-refractivity contribution in [3.63, 3.8) is 0 Å². The molecule has 0 unspecified atom stereocenters. The summed E-state index contributed by atoms with van der Waals surface area (Å²) in [6, 6.07) is 17.5. The van der Waals surface area contributed by atoms with E-state index in [4.69, 9.17) is 11.6 Å². The van der Waals surface area contributed by atoms with E-state index in [-0.39, 0.29) is 26.1 Å². The van der Waals surface area contributed by atoms with Gasteiger partial charge in [-0.2, -0.15) is 0 Å². The third-order valence-corrected chi connectivity index (χ3v) is 6.81. The van der Waals surface area contributed by atoms with Crippen molar-refractivity contribution < 1.29 is 21.6 Å². The number of carbonyl (C=O) groups excluding carboxylic acids is 1. The van der Waals surface area contributed by atoms with Gasteiger partial charge < -0.3 is 0 Å². The first kappa shape index (κ1) is 21.0. The fourth-order valence-corrected chi connectivity index (χ4v) is 4.49. The molecular formula is C20H16ClNO5S2. The summed E-state index contributed by atoms with van der Waals surface area (Å²) in [5.41, 5.74) is 0.545. The Morgan fingerprint density at radius 1 is 0.828 bits per heavy atom. The fourth-order valence-electron chi connectivity index (χ4n) is 2.61. The van der Waals surface area contributed by atoms with E-state index in [1.807, 2.05) is 0 Å². The summed E-state index contributed by atoms with van der Waals surface area (Å²) >= 11 is 6.01. The van der Waals surface area contributed by atoms with Crippen LogP contribution in [0.5, 0.6) is 0 Å².